The van der Waals surface area contributed by atoms with Crippen LogP contribution in [0.5, 0.6) is 0 Å². The number of benzene rings is 2. The number of hydrogen-bond acceptors (Lipinski definition) is 3. The number of nitrogens with zero attached hydrogens (tertiary/aromatic N) is 2. The maximum Gasteiger partial charge on any atom is 0.312 e. The van der Waals surface area contributed by atoms with E-state index in [1.54, 1.807) is 7.11 Å². The Kier molecular flexibility index (Phi) is 6.77. The number of carbonyl (C=O) groups excluding carboxylic acids is 1. The number of methoxy groups -OCH3 is 1. The van der Waals surface area contributed by atoms with E-state index in [2.05, 4.69) is 93.5 Å². The number of esters is 1. The SMILES string of the molecule is CCN(CC)CCn1c2c(c3ccccc31)C1[C@](C)(C(=O)OC)CCC[C@]1(C)c1ccc(C(C)C)cc1-2. The van der Waals surface area contributed by atoms with Crippen molar-refractivity contribution in [3.8, 4) is 11.3 Å². The molecule has 1 heterocycles. The van der Waals surface area contributed by atoms with Gasteiger partial charge in [-0.15, -0.1) is 0 Å². The van der Waals surface area contributed by atoms with Crippen LogP contribution in [0, 0.1) is 5.41 Å². The molecule has 1 aromatic heterocycles. The standard InChI is InChI=1S/C33H44N2O2/c1-8-34(9-2)19-20-35-27-14-11-10-13-24(27)28-29(35)25-21-23(22(3)4)15-16-26(25)32(5)17-12-18-33(6,30(28)32)31(36)37-7/h10-11,13-16,21-22,30H,8-9,12,17-20H2,1-7H3/t30?,32-,33-/m1/s1. The third-order valence-corrected chi connectivity index (χ3v) is 9.73. The minimum absolute atomic E-state index is 0.0632. The van der Waals surface area contributed by atoms with Crippen molar-refractivity contribution < 1.29 is 9.53 Å². The largest absolute Gasteiger partial charge is 0.469 e. The van der Waals surface area contributed by atoms with Crippen molar-refractivity contribution >= 4 is 16.9 Å². The van der Waals surface area contributed by atoms with Gasteiger partial charge in [0.05, 0.1) is 18.2 Å². The van der Waals surface area contributed by atoms with Crippen LogP contribution in [0.25, 0.3) is 22.2 Å². The first-order valence-electron chi connectivity index (χ1n) is 14.3. The fourth-order valence-corrected chi connectivity index (χ4v) is 7.74. The third kappa shape index (κ3) is 3.86. The lowest BCUT2D eigenvalue weighted by atomic mass is 9.49. The zero-order valence-electron chi connectivity index (χ0n) is 23.9. The van der Waals surface area contributed by atoms with Gasteiger partial charge in [0.25, 0.3) is 0 Å². The third-order valence-electron chi connectivity index (χ3n) is 9.73. The second kappa shape index (κ2) is 9.62. The summed E-state index contributed by atoms with van der Waals surface area (Å²) in [4.78, 5) is 16.0. The summed E-state index contributed by atoms with van der Waals surface area (Å²) in [5, 5.41) is 1.30. The molecule has 1 saturated carbocycles. The second-order valence-electron chi connectivity index (χ2n) is 12.0. The maximum atomic E-state index is 13.6. The van der Waals surface area contributed by atoms with Crippen LogP contribution in [0.1, 0.15) is 89.3 Å². The molecule has 3 atom stereocenters. The quantitative estimate of drug-likeness (QED) is 0.315. The number of hydrogen-bond donors (Lipinski definition) is 0. The van der Waals surface area contributed by atoms with Crippen LogP contribution in [-0.2, 0) is 21.5 Å². The highest BCUT2D eigenvalue weighted by molar-refractivity contribution is 5.96. The predicted molar refractivity (Wildman–Crippen MR) is 153 cm³/mol. The lowest BCUT2D eigenvalue weighted by molar-refractivity contribution is -0.157. The van der Waals surface area contributed by atoms with E-state index in [0.29, 0.717) is 5.92 Å². The lowest BCUT2D eigenvalue weighted by Crippen LogP contribution is -2.50. The first kappa shape index (κ1) is 26.0. The van der Waals surface area contributed by atoms with E-state index in [0.717, 1.165) is 45.4 Å². The Labute approximate surface area is 223 Å². The Morgan fingerprint density at radius 1 is 1.11 bits per heavy atom. The smallest absolute Gasteiger partial charge is 0.312 e. The molecule has 3 aromatic rings. The van der Waals surface area contributed by atoms with Gasteiger partial charge >= 0.3 is 5.97 Å². The predicted octanol–water partition coefficient (Wildman–Crippen LogP) is 7.49. The number of para-hydroxylation sites is 1. The van der Waals surface area contributed by atoms with Crippen LogP contribution < -0.4 is 0 Å². The Balaban J connectivity index is 1.86. The van der Waals surface area contributed by atoms with Crippen molar-refractivity contribution in [1.82, 2.24) is 9.47 Å². The van der Waals surface area contributed by atoms with Crippen LogP contribution in [0.3, 0.4) is 0 Å². The van der Waals surface area contributed by atoms with E-state index in [1.807, 2.05) is 0 Å². The molecule has 0 spiro atoms. The first-order chi connectivity index (χ1) is 17.7. The van der Waals surface area contributed by atoms with Gasteiger partial charge in [-0.2, -0.15) is 0 Å². The average molecular weight is 501 g/mol. The zero-order chi connectivity index (χ0) is 26.5. The Morgan fingerprint density at radius 2 is 1.84 bits per heavy atom. The van der Waals surface area contributed by atoms with Crippen molar-refractivity contribution in [2.75, 3.05) is 26.7 Å². The summed E-state index contributed by atoms with van der Waals surface area (Å²) in [6.45, 7) is 17.7. The van der Waals surface area contributed by atoms with Gasteiger partial charge in [-0.25, -0.2) is 0 Å². The molecule has 37 heavy (non-hydrogen) atoms. The number of rotatable bonds is 7. The van der Waals surface area contributed by atoms with Gasteiger partial charge in [0, 0.05) is 40.9 Å². The van der Waals surface area contributed by atoms with Crippen molar-refractivity contribution in [2.24, 2.45) is 5.41 Å². The number of likely N-dealkylation sites (N-methyl/N-ethyl adjacent to an activating group) is 1. The molecule has 2 aromatic carbocycles. The van der Waals surface area contributed by atoms with Crippen LogP contribution in [0.2, 0.25) is 0 Å². The molecule has 2 aliphatic carbocycles. The fraction of sp³-hybridized carbons (Fsp3) is 0.545. The molecule has 0 radical (unpaired) electrons. The lowest BCUT2D eigenvalue weighted by Gasteiger charge is -2.54. The molecule has 4 heteroatoms. The van der Waals surface area contributed by atoms with Crippen LogP contribution >= 0.6 is 0 Å². The summed E-state index contributed by atoms with van der Waals surface area (Å²) in [5.74, 6) is 0.448. The number of carbonyl (C=O) groups is 1. The first-order valence-corrected chi connectivity index (χ1v) is 14.3. The van der Waals surface area contributed by atoms with Crippen molar-refractivity contribution in [3.05, 3.63) is 59.2 Å². The van der Waals surface area contributed by atoms with Gasteiger partial charge < -0.3 is 14.2 Å². The minimum Gasteiger partial charge on any atom is -0.469 e. The number of ether oxygens (including phenoxy) is 1. The van der Waals surface area contributed by atoms with E-state index in [9.17, 15) is 4.79 Å². The maximum absolute atomic E-state index is 13.6. The fourth-order valence-electron chi connectivity index (χ4n) is 7.74. The Morgan fingerprint density at radius 3 is 2.51 bits per heavy atom. The molecule has 2 aliphatic rings. The summed E-state index contributed by atoms with van der Waals surface area (Å²) in [6.07, 6.45) is 2.97. The molecule has 0 saturated heterocycles. The molecule has 4 nitrogen and oxygen atoms in total. The molecule has 1 fully saturated rings. The van der Waals surface area contributed by atoms with E-state index in [1.165, 1.54) is 38.9 Å². The molecule has 0 bridgehead atoms. The molecule has 5 rings (SSSR count). The van der Waals surface area contributed by atoms with E-state index < -0.39 is 5.41 Å². The normalized spacial score (nSPS) is 24.7. The van der Waals surface area contributed by atoms with Gasteiger partial charge in [-0.3, -0.25) is 4.79 Å². The topological polar surface area (TPSA) is 34.5 Å². The summed E-state index contributed by atoms with van der Waals surface area (Å²) in [7, 11) is 1.56. The summed E-state index contributed by atoms with van der Waals surface area (Å²) in [6, 6.07) is 16.0. The molecule has 1 unspecified atom stereocenters. The van der Waals surface area contributed by atoms with E-state index in [4.69, 9.17) is 4.74 Å². The van der Waals surface area contributed by atoms with Crippen LogP contribution in [0.15, 0.2) is 42.5 Å². The molecular weight excluding hydrogens is 456 g/mol. The molecule has 0 aliphatic heterocycles. The van der Waals surface area contributed by atoms with Gasteiger partial charge in [0.15, 0.2) is 0 Å². The van der Waals surface area contributed by atoms with Crippen molar-refractivity contribution in [3.63, 3.8) is 0 Å². The van der Waals surface area contributed by atoms with E-state index >= 15 is 0 Å². The van der Waals surface area contributed by atoms with Gasteiger partial charge in [0.1, 0.15) is 0 Å². The van der Waals surface area contributed by atoms with Crippen molar-refractivity contribution in [2.45, 2.75) is 84.6 Å². The Hall–Kier alpha value is -2.59. The van der Waals surface area contributed by atoms with Crippen molar-refractivity contribution in [1.29, 1.82) is 0 Å². The molecule has 0 N–H and O–H groups in total. The second-order valence-corrected chi connectivity index (χ2v) is 12.0. The van der Waals surface area contributed by atoms with Gasteiger partial charge in [0.2, 0.25) is 0 Å². The minimum atomic E-state index is -0.571. The van der Waals surface area contributed by atoms with Crippen LogP contribution in [-0.4, -0.2) is 42.2 Å². The average Bonchev–Trinajstić information content (AvgIpc) is 3.22. The van der Waals surface area contributed by atoms with Crippen LogP contribution in [0.4, 0.5) is 0 Å². The number of aromatic nitrogens is 1. The Bertz CT molecular complexity index is 1320. The molecule has 0 amide bonds. The molecule has 198 valence electrons. The van der Waals surface area contributed by atoms with E-state index in [-0.39, 0.29) is 17.3 Å². The monoisotopic (exact) mass is 500 g/mol. The highest BCUT2D eigenvalue weighted by Crippen LogP contribution is 2.65. The summed E-state index contributed by atoms with van der Waals surface area (Å²) >= 11 is 0. The zero-order valence-corrected chi connectivity index (χ0v) is 23.9. The van der Waals surface area contributed by atoms with Gasteiger partial charge in [-0.1, -0.05) is 71.4 Å². The molecular formula is C33H44N2O2. The summed E-state index contributed by atoms with van der Waals surface area (Å²) in [5.41, 5.74) is 7.40. The van der Waals surface area contributed by atoms with Gasteiger partial charge in [-0.05, 0) is 67.6 Å². The highest BCUT2D eigenvalue weighted by atomic mass is 16.5. The highest BCUT2D eigenvalue weighted by Gasteiger charge is 2.58. The summed E-state index contributed by atoms with van der Waals surface area (Å²) < 4.78 is 8.08. The number of fused-ring (bicyclic) bond motifs is 8.